The standard InChI is InChI=1S/C16H17NO2/c1-17(15-9-3-2-4-10-15)12-14-8-6-5-7-13(14)11-16(18)19/h2-10H,11-12H2,1H3,(H,18,19). The number of para-hydroxylation sites is 1. The number of hydrogen-bond acceptors (Lipinski definition) is 2. The van der Waals surface area contributed by atoms with Crippen LogP contribution in [0.2, 0.25) is 0 Å². The second kappa shape index (κ2) is 6.05. The Kier molecular flexibility index (Phi) is 4.18. The normalized spacial score (nSPS) is 10.2. The van der Waals surface area contributed by atoms with Crippen LogP contribution in [0.5, 0.6) is 0 Å². The van der Waals surface area contributed by atoms with Gasteiger partial charge in [0, 0.05) is 19.3 Å². The fraction of sp³-hybridized carbons (Fsp3) is 0.188. The summed E-state index contributed by atoms with van der Waals surface area (Å²) in [6.45, 7) is 0.702. The van der Waals surface area contributed by atoms with Crippen LogP contribution in [0.15, 0.2) is 54.6 Å². The van der Waals surface area contributed by atoms with Gasteiger partial charge in [-0.05, 0) is 23.3 Å². The largest absolute Gasteiger partial charge is 0.481 e. The molecule has 0 aromatic heterocycles. The lowest BCUT2D eigenvalue weighted by Crippen LogP contribution is -2.18. The van der Waals surface area contributed by atoms with Gasteiger partial charge in [-0.25, -0.2) is 0 Å². The molecular formula is C16H17NO2. The van der Waals surface area contributed by atoms with Crippen molar-refractivity contribution in [3.63, 3.8) is 0 Å². The Balaban J connectivity index is 2.17. The molecule has 1 N–H and O–H groups in total. The highest BCUT2D eigenvalue weighted by atomic mass is 16.4. The molecule has 0 radical (unpaired) electrons. The van der Waals surface area contributed by atoms with E-state index in [1.165, 1.54) is 0 Å². The molecule has 0 unspecified atom stereocenters. The molecule has 3 heteroatoms. The summed E-state index contributed by atoms with van der Waals surface area (Å²) in [5.41, 5.74) is 3.04. The Morgan fingerprint density at radius 1 is 1.00 bits per heavy atom. The van der Waals surface area contributed by atoms with E-state index < -0.39 is 5.97 Å². The number of carboxylic acid groups (broad SMARTS) is 1. The summed E-state index contributed by atoms with van der Waals surface area (Å²) in [7, 11) is 2.01. The maximum Gasteiger partial charge on any atom is 0.307 e. The van der Waals surface area contributed by atoms with E-state index >= 15 is 0 Å². The molecule has 19 heavy (non-hydrogen) atoms. The van der Waals surface area contributed by atoms with Crippen LogP contribution < -0.4 is 4.90 Å². The van der Waals surface area contributed by atoms with E-state index in [0.29, 0.717) is 6.54 Å². The highest BCUT2D eigenvalue weighted by Gasteiger charge is 2.08. The van der Waals surface area contributed by atoms with Crippen LogP contribution in [0.1, 0.15) is 11.1 Å². The Morgan fingerprint density at radius 2 is 1.58 bits per heavy atom. The van der Waals surface area contributed by atoms with Gasteiger partial charge in [-0.1, -0.05) is 42.5 Å². The third-order valence-electron chi connectivity index (χ3n) is 3.06. The summed E-state index contributed by atoms with van der Waals surface area (Å²) in [5, 5.41) is 8.93. The van der Waals surface area contributed by atoms with Gasteiger partial charge < -0.3 is 10.0 Å². The monoisotopic (exact) mass is 255 g/mol. The molecule has 0 amide bonds. The predicted molar refractivity (Wildman–Crippen MR) is 76.3 cm³/mol. The van der Waals surface area contributed by atoms with Crippen molar-refractivity contribution in [1.29, 1.82) is 0 Å². The van der Waals surface area contributed by atoms with Crippen LogP contribution in [0.3, 0.4) is 0 Å². The molecule has 3 nitrogen and oxygen atoms in total. The first-order valence-corrected chi connectivity index (χ1v) is 6.21. The van der Waals surface area contributed by atoms with Gasteiger partial charge >= 0.3 is 5.97 Å². The molecule has 2 rings (SSSR count). The number of nitrogens with zero attached hydrogens (tertiary/aromatic N) is 1. The molecule has 98 valence electrons. The fourth-order valence-electron chi connectivity index (χ4n) is 2.08. The quantitative estimate of drug-likeness (QED) is 0.893. The SMILES string of the molecule is CN(Cc1ccccc1CC(=O)O)c1ccccc1. The van der Waals surface area contributed by atoms with E-state index in [4.69, 9.17) is 5.11 Å². The number of benzene rings is 2. The summed E-state index contributed by atoms with van der Waals surface area (Å²) in [6.07, 6.45) is 0.0683. The molecule has 0 fully saturated rings. The average Bonchev–Trinajstić information content (AvgIpc) is 2.41. The van der Waals surface area contributed by atoms with Crippen LogP contribution in [0.4, 0.5) is 5.69 Å². The Morgan fingerprint density at radius 3 is 2.21 bits per heavy atom. The summed E-state index contributed by atoms with van der Waals surface area (Å²) >= 11 is 0. The zero-order valence-corrected chi connectivity index (χ0v) is 10.9. The minimum absolute atomic E-state index is 0.0683. The molecule has 0 saturated carbocycles. The van der Waals surface area contributed by atoms with Crippen molar-refractivity contribution in [2.45, 2.75) is 13.0 Å². The van der Waals surface area contributed by atoms with Crippen LogP contribution in [0.25, 0.3) is 0 Å². The maximum absolute atomic E-state index is 10.9. The molecular weight excluding hydrogens is 238 g/mol. The van der Waals surface area contributed by atoms with E-state index in [9.17, 15) is 4.79 Å². The van der Waals surface area contributed by atoms with E-state index in [1.54, 1.807) is 0 Å². The summed E-state index contributed by atoms with van der Waals surface area (Å²) in [6, 6.07) is 17.7. The first-order valence-electron chi connectivity index (χ1n) is 6.21. The van der Waals surface area contributed by atoms with Crippen molar-refractivity contribution in [2.75, 3.05) is 11.9 Å². The molecule has 0 aliphatic rings. The Labute approximate surface area is 113 Å². The summed E-state index contributed by atoms with van der Waals surface area (Å²) in [4.78, 5) is 13.0. The minimum atomic E-state index is -0.796. The lowest BCUT2D eigenvalue weighted by molar-refractivity contribution is -0.136. The third kappa shape index (κ3) is 3.58. The van der Waals surface area contributed by atoms with Crippen molar-refractivity contribution in [3.05, 3.63) is 65.7 Å². The van der Waals surface area contributed by atoms with E-state index in [1.807, 2.05) is 61.6 Å². The second-order valence-electron chi connectivity index (χ2n) is 4.53. The Bertz CT molecular complexity index is 552. The molecule has 2 aromatic carbocycles. The highest BCUT2D eigenvalue weighted by molar-refractivity contribution is 5.70. The average molecular weight is 255 g/mol. The number of rotatable bonds is 5. The van der Waals surface area contributed by atoms with Gasteiger partial charge in [0.05, 0.1) is 6.42 Å². The van der Waals surface area contributed by atoms with Crippen molar-refractivity contribution in [1.82, 2.24) is 0 Å². The van der Waals surface area contributed by atoms with Gasteiger partial charge in [0.1, 0.15) is 0 Å². The van der Waals surface area contributed by atoms with E-state index in [-0.39, 0.29) is 6.42 Å². The first-order chi connectivity index (χ1) is 9.16. The lowest BCUT2D eigenvalue weighted by atomic mass is 10.0. The number of hydrogen-bond donors (Lipinski definition) is 1. The lowest BCUT2D eigenvalue weighted by Gasteiger charge is -2.20. The molecule has 0 aliphatic heterocycles. The van der Waals surface area contributed by atoms with Crippen LogP contribution in [0, 0.1) is 0 Å². The Hall–Kier alpha value is -2.29. The predicted octanol–water partition coefficient (Wildman–Crippen LogP) is 2.95. The number of anilines is 1. The summed E-state index contributed by atoms with van der Waals surface area (Å²) in [5.74, 6) is -0.796. The van der Waals surface area contributed by atoms with Crippen molar-refractivity contribution in [2.24, 2.45) is 0 Å². The van der Waals surface area contributed by atoms with Crippen molar-refractivity contribution in [3.8, 4) is 0 Å². The van der Waals surface area contributed by atoms with Crippen molar-refractivity contribution >= 4 is 11.7 Å². The molecule has 2 aromatic rings. The zero-order chi connectivity index (χ0) is 13.7. The van der Waals surface area contributed by atoms with Gasteiger partial charge in [0.2, 0.25) is 0 Å². The first kappa shape index (κ1) is 13.1. The van der Waals surface area contributed by atoms with Crippen LogP contribution >= 0.6 is 0 Å². The molecule has 0 aliphatic carbocycles. The smallest absolute Gasteiger partial charge is 0.307 e. The van der Waals surface area contributed by atoms with Gasteiger partial charge in [-0.15, -0.1) is 0 Å². The maximum atomic E-state index is 10.9. The van der Waals surface area contributed by atoms with Gasteiger partial charge in [0.15, 0.2) is 0 Å². The number of carboxylic acids is 1. The number of aliphatic carboxylic acids is 1. The molecule has 0 atom stereocenters. The van der Waals surface area contributed by atoms with Gasteiger partial charge in [0.25, 0.3) is 0 Å². The molecule has 0 bridgehead atoms. The van der Waals surface area contributed by atoms with Crippen LogP contribution in [-0.4, -0.2) is 18.1 Å². The van der Waals surface area contributed by atoms with Crippen LogP contribution in [-0.2, 0) is 17.8 Å². The third-order valence-corrected chi connectivity index (χ3v) is 3.06. The molecule has 0 heterocycles. The highest BCUT2D eigenvalue weighted by Crippen LogP contribution is 2.17. The zero-order valence-electron chi connectivity index (χ0n) is 10.9. The van der Waals surface area contributed by atoms with Gasteiger partial charge in [-0.2, -0.15) is 0 Å². The topological polar surface area (TPSA) is 40.5 Å². The van der Waals surface area contributed by atoms with E-state index in [0.717, 1.165) is 16.8 Å². The molecule has 0 saturated heterocycles. The summed E-state index contributed by atoms with van der Waals surface area (Å²) < 4.78 is 0. The second-order valence-corrected chi connectivity index (χ2v) is 4.53. The minimum Gasteiger partial charge on any atom is -0.481 e. The molecule has 0 spiro atoms. The number of carbonyl (C=O) groups is 1. The fourth-order valence-corrected chi connectivity index (χ4v) is 2.08. The van der Waals surface area contributed by atoms with Crippen molar-refractivity contribution < 1.29 is 9.90 Å². The van der Waals surface area contributed by atoms with E-state index in [2.05, 4.69) is 4.90 Å². The van der Waals surface area contributed by atoms with Gasteiger partial charge in [-0.3, -0.25) is 4.79 Å².